The Morgan fingerprint density at radius 3 is 2.81 bits per heavy atom. The van der Waals surface area contributed by atoms with Crippen molar-refractivity contribution in [3.63, 3.8) is 0 Å². The first kappa shape index (κ1) is 19.3. The fourth-order valence-corrected chi connectivity index (χ4v) is 3.54. The van der Waals surface area contributed by atoms with E-state index in [-0.39, 0.29) is 17.5 Å². The maximum absolute atomic E-state index is 11.9. The van der Waals surface area contributed by atoms with Crippen LogP contribution < -0.4 is 10.9 Å². The fourth-order valence-electron chi connectivity index (χ4n) is 3.54. The molecule has 0 aliphatic carbocycles. The van der Waals surface area contributed by atoms with E-state index >= 15 is 0 Å². The molecule has 2 heterocycles. The number of aromatic nitrogens is 2. The number of aryl methyl sites for hydroxylation is 1. The zero-order valence-corrected chi connectivity index (χ0v) is 16.1. The fraction of sp³-hybridized carbons (Fsp3) is 0.476. The summed E-state index contributed by atoms with van der Waals surface area (Å²) < 4.78 is 0. The minimum Gasteiger partial charge on any atom is -0.352 e. The van der Waals surface area contributed by atoms with Gasteiger partial charge >= 0.3 is 0 Å². The van der Waals surface area contributed by atoms with Gasteiger partial charge in [-0.2, -0.15) is 0 Å². The zero-order chi connectivity index (χ0) is 19.2. The number of likely N-dealkylation sites (tertiary alicyclic amines) is 1. The molecule has 1 amide bonds. The van der Waals surface area contributed by atoms with E-state index in [4.69, 9.17) is 0 Å². The highest BCUT2D eigenvalue weighted by atomic mass is 16.1. The number of unbranched alkanes of at least 4 members (excludes halogenated alkanes) is 1. The summed E-state index contributed by atoms with van der Waals surface area (Å²) in [5, 5.41) is 2.99. The minimum atomic E-state index is -0.101. The molecule has 1 atom stereocenters. The standard InChI is InChI=1S/C21H28N4O2/c1-3-4-5-18-12-20(27)24-21(23-18)17-8-6-16(7-9-17)13-25-11-10-19(14-25)22-15(2)26/h6-9,12,19H,3-5,10-11,13-14H2,1-2H3,(H,22,26)(H,23,24,27). The zero-order valence-electron chi connectivity index (χ0n) is 16.1. The molecule has 1 saturated heterocycles. The van der Waals surface area contributed by atoms with Gasteiger partial charge in [-0.15, -0.1) is 0 Å². The molecule has 2 N–H and O–H groups in total. The number of hydrogen-bond acceptors (Lipinski definition) is 4. The summed E-state index contributed by atoms with van der Waals surface area (Å²) in [6.45, 7) is 6.43. The molecule has 0 radical (unpaired) electrons. The van der Waals surface area contributed by atoms with Crippen molar-refractivity contribution >= 4 is 5.91 Å². The van der Waals surface area contributed by atoms with Crippen LogP contribution in [0, 0.1) is 0 Å². The minimum absolute atomic E-state index is 0.0360. The SMILES string of the molecule is CCCCc1cc(=O)[nH]c(-c2ccc(CN3CCC(NC(C)=O)C3)cc2)n1. The number of benzene rings is 1. The monoisotopic (exact) mass is 368 g/mol. The van der Waals surface area contributed by atoms with Crippen molar-refractivity contribution in [2.24, 2.45) is 0 Å². The predicted octanol–water partition coefficient (Wildman–Crippen LogP) is 2.49. The van der Waals surface area contributed by atoms with Gasteiger partial charge in [0.2, 0.25) is 5.91 Å². The van der Waals surface area contributed by atoms with E-state index in [1.165, 1.54) is 5.56 Å². The Kier molecular flexibility index (Phi) is 6.40. The predicted molar refractivity (Wildman–Crippen MR) is 106 cm³/mol. The average Bonchev–Trinajstić information content (AvgIpc) is 3.06. The average molecular weight is 368 g/mol. The van der Waals surface area contributed by atoms with Gasteiger partial charge in [0, 0.05) is 49.9 Å². The first-order valence-corrected chi connectivity index (χ1v) is 9.72. The van der Waals surface area contributed by atoms with E-state index in [0.29, 0.717) is 5.82 Å². The van der Waals surface area contributed by atoms with E-state index in [9.17, 15) is 9.59 Å². The van der Waals surface area contributed by atoms with Crippen molar-refractivity contribution in [1.82, 2.24) is 20.2 Å². The van der Waals surface area contributed by atoms with Gasteiger partial charge in [0.25, 0.3) is 5.56 Å². The van der Waals surface area contributed by atoms with Crippen molar-refractivity contribution in [3.8, 4) is 11.4 Å². The molecule has 0 spiro atoms. The maximum atomic E-state index is 11.9. The first-order chi connectivity index (χ1) is 13.0. The van der Waals surface area contributed by atoms with E-state index in [1.807, 2.05) is 12.1 Å². The third-order valence-corrected chi connectivity index (χ3v) is 4.89. The van der Waals surface area contributed by atoms with Gasteiger partial charge in [-0.25, -0.2) is 4.98 Å². The van der Waals surface area contributed by atoms with Gasteiger partial charge in [0.05, 0.1) is 0 Å². The second-order valence-electron chi connectivity index (χ2n) is 7.31. The molecule has 6 nitrogen and oxygen atoms in total. The van der Waals surface area contributed by atoms with Gasteiger partial charge in [-0.1, -0.05) is 37.6 Å². The maximum Gasteiger partial charge on any atom is 0.251 e. The highest BCUT2D eigenvalue weighted by Crippen LogP contribution is 2.18. The summed E-state index contributed by atoms with van der Waals surface area (Å²) >= 11 is 0. The van der Waals surface area contributed by atoms with Crippen LogP contribution in [0.2, 0.25) is 0 Å². The lowest BCUT2D eigenvalue weighted by Gasteiger charge is -2.16. The number of carbonyl (C=O) groups excluding carboxylic acids is 1. The summed E-state index contributed by atoms with van der Waals surface area (Å²) in [6, 6.07) is 10.0. The van der Waals surface area contributed by atoms with Crippen LogP contribution in [-0.2, 0) is 17.8 Å². The summed E-state index contributed by atoms with van der Waals surface area (Å²) in [5.74, 6) is 0.668. The molecule has 1 aromatic heterocycles. The number of hydrogen-bond donors (Lipinski definition) is 2. The number of nitrogens with one attached hydrogen (secondary N) is 2. The molecule has 0 bridgehead atoms. The van der Waals surface area contributed by atoms with E-state index in [0.717, 1.165) is 56.6 Å². The number of H-pyrrole nitrogens is 1. The molecule has 3 rings (SSSR count). The van der Waals surface area contributed by atoms with Crippen LogP contribution in [0.1, 0.15) is 44.4 Å². The third kappa shape index (κ3) is 5.50. The Hall–Kier alpha value is -2.47. The molecule has 1 aromatic carbocycles. The molecule has 2 aromatic rings. The van der Waals surface area contributed by atoms with E-state index in [2.05, 4.69) is 39.2 Å². The van der Waals surface area contributed by atoms with Crippen LogP contribution in [0.5, 0.6) is 0 Å². The lowest BCUT2D eigenvalue weighted by Crippen LogP contribution is -2.35. The van der Waals surface area contributed by atoms with Crippen LogP contribution >= 0.6 is 0 Å². The van der Waals surface area contributed by atoms with Crippen molar-refractivity contribution in [2.75, 3.05) is 13.1 Å². The quantitative estimate of drug-likeness (QED) is 0.787. The molecule has 1 aliphatic heterocycles. The summed E-state index contributed by atoms with van der Waals surface area (Å²) in [7, 11) is 0. The highest BCUT2D eigenvalue weighted by Gasteiger charge is 2.22. The van der Waals surface area contributed by atoms with Crippen molar-refractivity contribution in [1.29, 1.82) is 0 Å². The lowest BCUT2D eigenvalue weighted by molar-refractivity contribution is -0.119. The van der Waals surface area contributed by atoms with Crippen LogP contribution in [0.15, 0.2) is 35.1 Å². The molecular weight excluding hydrogens is 340 g/mol. The van der Waals surface area contributed by atoms with E-state index < -0.39 is 0 Å². The number of nitrogens with zero attached hydrogens (tertiary/aromatic N) is 2. The Bertz CT molecular complexity index is 829. The van der Waals surface area contributed by atoms with Crippen LogP contribution in [0.4, 0.5) is 0 Å². The topological polar surface area (TPSA) is 78.1 Å². The largest absolute Gasteiger partial charge is 0.352 e. The Morgan fingerprint density at radius 1 is 1.33 bits per heavy atom. The van der Waals surface area contributed by atoms with Crippen molar-refractivity contribution in [2.45, 2.75) is 52.1 Å². The molecule has 27 heavy (non-hydrogen) atoms. The van der Waals surface area contributed by atoms with Gasteiger partial charge < -0.3 is 10.3 Å². The van der Waals surface area contributed by atoms with Gasteiger partial charge in [0.15, 0.2) is 0 Å². The summed E-state index contributed by atoms with van der Waals surface area (Å²) in [4.78, 5) is 32.9. The molecular formula is C21H28N4O2. The second kappa shape index (κ2) is 8.95. The Morgan fingerprint density at radius 2 is 2.11 bits per heavy atom. The van der Waals surface area contributed by atoms with Crippen LogP contribution in [-0.4, -0.2) is 39.9 Å². The number of amides is 1. The van der Waals surface area contributed by atoms with Crippen LogP contribution in [0.25, 0.3) is 11.4 Å². The Balaban J connectivity index is 1.65. The van der Waals surface area contributed by atoms with Crippen LogP contribution in [0.3, 0.4) is 0 Å². The van der Waals surface area contributed by atoms with Gasteiger partial charge in [0.1, 0.15) is 5.82 Å². The molecule has 0 saturated carbocycles. The Labute approximate surface area is 160 Å². The first-order valence-electron chi connectivity index (χ1n) is 9.72. The number of carbonyl (C=O) groups is 1. The van der Waals surface area contributed by atoms with Gasteiger partial charge in [-0.3, -0.25) is 14.5 Å². The normalized spacial score (nSPS) is 17.2. The molecule has 6 heteroatoms. The molecule has 1 fully saturated rings. The van der Waals surface area contributed by atoms with Crippen molar-refractivity contribution < 1.29 is 4.79 Å². The third-order valence-electron chi connectivity index (χ3n) is 4.89. The summed E-state index contributed by atoms with van der Waals surface area (Å²) in [6.07, 6.45) is 3.94. The molecule has 144 valence electrons. The molecule has 1 aliphatic rings. The van der Waals surface area contributed by atoms with Crippen molar-refractivity contribution in [3.05, 3.63) is 51.9 Å². The summed E-state index contributed by atoms with van der Waals surface area (Å²) in [5.41, 5.74) is 2.88. The van der Waals surface area contributed by atoms with E-state index in [1.54, 1.807) is 13.0 Å². The van der Waals surface area contributed by atoms with Gasteiger partial charge in [-0.05, 0) is 24.8 Å². The number of rotatable bonds is 7. The smallest absolute Gasteiger partial charge is 0.251 e. The highest BCUT2D eigenvalue weighted by molar-refractivity contribution is 5.73. The second-order valence-corrected chi connectivity index (χ2v) is 7.31. The molecule has 1 unspecified atom stereocenters. The lowest BCUT2D eigenvalue weighted by atomic mass is 10.1. The number of aromatic amines is 1.